The number of methoxy groups -OCH3 is 1. The fourth-order valence-corrected chi connectivity index (χ4v) is 4.06. The van der Waals surface area contributed by atoms with Crippen LogP contribution in [0.5, 0.6) is 5.75 Å². The topological polar surface area (TPSA) is 46.6 Å². The van der Waals surface area contributed by atoms with Crippen LogP contribution in [0.3, 0.4) is 0 Å². The molecule has 0 bridgehead atoms. The average molecular weight is 405 g/mol. The van der Waals surface area contributed by atoms with Crippen LogP contribution < -0.4 is 9.64 Å². The molecule has 0 aromatic heterocycles. The quantitative estimate of drug-likeness (QED) is 0.566. The van der Waals surface area contributed by atoms with Crippen molar-refractivity contribution < 1.29 is 18.7 Å². The molecule has 1 aliphatic rings. The lowest BCUT2D eigenvalue weighted by atomic mass is 10.1. The second-order valence-corrected chi connectivity index (χ2v) is 7.35. The van der Waals surface area contributed by atoms with Gasteiger partial charge in [0.1, 0.15) is 11.6 Å². The van der Waals surface area contributed by atoms with E-state index in [4.69, 9.17) is 4.74 Å². The number of rotatable bonds is 5. The zero-order valence-corrected chi connectivity index (χ0v) is 16.3. The Bertz CT molecular complexity index is 1090. The minimum atomic E-state index is -0.440. The standard InChI is InChI=1S/C23H16FNO3S/c1-28-18-13-7-15(8-14-18)20-21(29-19-5-3-2-4-6-19)23(27)25(22(20)26)17-11-9-16(24)10-12-17/h2-14H,1H3. The molecule has 4 nitrogen and oxygen atoms in total. The Morgan fingerprint density at radius 2 is 1.48 bits per heavy atom. The number of ether oxygens (including phenoxy) is 1. The van der Waals surface area contributed by atoms with Gasteiger partial charge in [0.25, 0.3) is 11.8 Å². The van der Waals surface area contributed by atoms with Gasteiger partial charge >= 0.3 is 0 Å². The number of carbonyl (C=O) groups is 2. The molecule has 1 aliphatic heterocycles. The lowest BCUT2D eigenvalue weighted by Crippen LogP contribution is -2.31. The highest BCUT2D eigenvalue weighted by molar-refractivity contribution is 8.04. The number of halogens is 1. The Labute approximate surface area is 171 Å². The third-order valence-corrected chi connectivity index (χ3v) is 5.56. The van der Waals surface area contributed by atoms with Gasteiger partial charge < -0.3 is 4.74 Å². The van der Waals surface area contributed by atoms with E-state index in [0.29, 0.717) is 27.5 Å². The number of thioether (sulfide) groups is 1. The monoisotopic (exact) mass is 405 g/mol. The molecular formula is C23H16FNO3S. The molecule has 0 aliphatic carbocycles. The van der Waals surface area contributed by atoms with Gasteiger partial charge in [0.2, 0.25) is 0 Å². The van der Waals surface area contributed by atoms with Crippen molar-refractivity contribution in [3.8, 4) is 5.75 Å². The zero-order valence-electron chi connectivity index (χ0n) is 15.5. The van der Waals surface area contributed by atoms with Crippen molar-refractivity contribution >= 4 is 34.8 Å². The van der Waals surface area contributed by atoms with Crippen molar-refractivity contribution in [1.29, 1.82) is 0 Å². The van der Waals surface area contributed by atoms with Crippen LogP contribution in [0, 0.1) is 5.82 Å². The number of anilines is 1. The van der Waals surface area contributed by atoms with Gasteiger partial charge in [-0.15, -0.1) is 0 Å². The van der Waals surface area contributed by atoms with Gasteiger partial charge in [-0.3, -0.25) is 9.59 Å². The third-order valence-electron chi connectivity index (χ3n) is 4.47. The molecule has 6 heteroatoms. The molecule has 0 atom stereocenters. The summed E-state index contributed by atoms with van der Waals surface area (Å²) in [5, 5.41) is 0. The molecule has 0 spiro atoms. The summed E-state index contributed by atoms with van der Waals surface area (Å²) in [6.45, 7) is 0. The first kappa shape index (κ1) is 19.0. The Morgan fingerprint density at radius 1 is 0.828 bits per heavy atom. The maximum atomic E-state index is 13.3. The number of amides is 2. The molecule has 4 rings (SSSR count). The van der Waals surface area contributed by atoms with E-state index < -0.39 is 17.6 Å². The molecule has 29 heavy (non-hydrogen) atoms. The second kappa shape index (κ2) is 7.93. The maximum absolute atomic E-state index is 13.3. The van der Waals surface area contributed by atoms with Crippen LogP contribution in [0.2, 0.25) is 0 Å². The lowest BCUT2D eigenvalue weighted by Gasteiger charge is -2.15. The number of carbonyl (C=O) groups excluding carboxylic acids is 2. The molecule has 0 fully saturated rings. The van der Waals surface area contributed by atoms with E-state index in [1.807, 2.05) is 30.3 Å². The van der Waals surface area contributed by atoms with Crippen LogP contribution in [-0.4, -0.2) is 18.9 Å². The zero-order chi connectivity index (χ0) is 20.4. The number of benzene rings is 3. The highest BCUT2D eigenvalue weighted by Gasteiger charge is 2.40. The summed E-state index contributed by atoms with van der Waals surface area (Å²) < 4.78 is 18.5. The molecular weight excluding hydrogens is 389 g/mol. The first-order chi connectivity index (χ1) is 14.1. The maximum Gasteiger partial charge on any atom is 0.272 e. The molecule has 2 amide bonds. The molecule has 3 aromatic rings. The Balaban J connectivity index is 1.80. The van der Waals surface area contributed by atoms with Crippen molar-refractivity contribution in [2.24, 2.45) is 0 Å². The van der Waals surface area contributed by atoms with E-state index in [-0.39, 0.29) is 0 Å². The van der Waals surface area contributed by atoms with Gasteiger partial charge in [0.15, 0.2) is 0 Å². The highest BCUT2D eigenvalue weighted by atomic mass is 32.2. The predicted octanol–water partition coefficient (Wildman–Crippen LogP) is 4.91. The molecule has 0 unspecified atom stereocenters. The summed E-state index contributed by atoms with van der Waals surface area (Å²) in [6, 6.07) is 21.7. The summed E-state index contributed by atoms with van der Waals surface area (Å²) in [7, 11) is 1.56. The SMILES string of the molecule is COc1ccc(C2=C(Sc3ccccc3)C(=O)N(c3ccc(F)cc3)C2=O)cc1. The smallest absolute Gasteiger partial charge is 0.272 e. The van der Waals surface area contributed by atoms with Gasteiger partial charge in [0, 0.05) is 4.90 Å². The van der Waals surface area contributed by atoms with Gasteiger partial charge in [-0.25, -0.2) is 9.29 Å². The number of nitrogens with zero attached hydrogens (tertiary/aromatic N) is 1. The lowest BCUT2D eigenvalue weighted by molar-refractivity contribution is -0.119. The van der Waals surface area contributed by atoms with Crippen LogP contribution >= 0.6 is 11.8 Å². The summed E-state index contributed by atoms with van der Waals surface area (Å²) in [5.41, 5.74) is 1.26. The van der Waals surface area contributed by atoms with Crippen LogP contribution in [0.15, 0.2) is 88.7 Å². The van der Waals surface area contributed by atoms with Gasteiger partial charge in [-0.05, 0) is 54.1 Å². The van der Waals surface area contributed by atoms with Crippen LogP contribution in [0.25, 0.3) is 5.57 Å². The Hall–Kier alpha value is -3.38. The fourth-order valence-electron chi connectivity index (χ4n) is 3.05. The minimum Gasteiger partial charge on any atom is -0.497 e. The van der Waals surface area contributed by atoms with E-state index in [1.165, 1.54) is 36.0 Å². The van der Waals surface area contributed by atoms with E-state index in [9.17, 15) is 14.0 Å². The molecule has 1 heterocycles. The van der Waals surface area contributed by atoms with Crippen LogP contribution in [0.1, 0.15) is 5.56 Å². The number of hydrogen-bond donors (Lipinski definition) is 0. The van der Waals surface area contributed by atoms with E-state index in [1.54, 1.807) is 31.4 Å². The van der Waals surface area contributed by atoms with E-state index >= 15 is 0 Å². The summed E-state index contributed by atoms with van der Waals surface area (Å²) >= 11 is 1.24. The normalized spacial score (nSPS) is 13.9. The third kappa shape index (κ3) is 3.67. The first-order valence-electron chi connectivity index (χ1n) is 8.84. The van der Waals surface area contributed by atoms with Crippen molar-refractivity contribution in [2.75, 3.05) is 12.0 Å². The Kier molecular flexibility index (Phi) is 5.18. The van der Waals surface area contributed by atoms with Crippen molar-refractivity contribution in [3.63, 3.8) is 0 Å². The molecule has 144 valence electrons. The molecule has 3 aromatic carbocycles. The summed E-state index contributed by atoms with van der Waals surface area (Å²) in [5.74, 6) is -0.652. The predicted molar refractivity (Wildman–Crippen MR) is 111 cm³/mol. The van der Waals surface area contributed by atoms with E-state index in [2.05, 4.69) is 0 Å². The largest absolute Gasteiger partial charge is 0.497 e. The van der Waals surface area contributed by atoms with Gasteiger partial charge in [0.05, 0.1) is 23.3 Å². The van der Waals surface area contributed by atoms with Gasteiger partial charge in [-0.1, -0.05) is 42.1 Å². The van der Waals surface area contributed by atoms with Crippen LogP contribution in [0.4, 0.5) is 10.1 Å². The molecule has 0 saturated carbocycles. The van der Waals surface area contributed by atoms with Crippen molar-refractivity contribution in [2.45, 2.75) is 4.90 Å². The van der Waals surface area contributed by atoms with Gasteiger partial charge in [-0.2, -0.15) is 0 Å². The summed E-state index contributed by atoms with van der Waals surface area (Å²) in [6.07, 6.45) is 0. The number of imide groups is 1. The molecule has 0 saturated heterocycles. The highest BCUT2D eigenvalue weighted by Crippen LogP contribution is 2.41. The second-order valence-electron chi connectivity index (χ2n) is 6.27. The van der Waals surface area contributed by atoms with E-state index in [0.717, 1.165) is 9.80 Å². The average Bonchev–Trinajstić information content (AvgIpc) is 2.99. The first-order valence-corrected chi connectivity index (χ1v) is 9.66. The molecule has 0 N–H and O–H groups in total. The van der Waals surface area contributed by atoms with Crippen molar-refractivity contribution in [3.05, 3.63) is 95.1 Å². The number of hydrogen-bond acceptors (Lipinski definition) is 4. The summed E-state index contributed by atoms with van der Waals surface area (Å²) in [4.78, 5) is 28.7. The minimum absolute atomic E-state index is 0.316. The fraction of sp³-hybridized carbons (Fsp3) is 0.0435. The van der Waals surface area contributed by atoms with Crippen molar-refractivity contribution in [1.82, 2.24) is 0 Å². The molecule has 0 radical (unpaired) electrons. The Morgan fingerprint density at radius 3 is 2.10 bits per heavy atom. The van der Waals surface area contributed by atoms with Crippen LogP contribution in [-0.2, 0) is 9.59 Å².